The van der Waals surface area contributed by atoms with E-state index >= 15 is 0 Å². The smallest absolute Gasteiger partial charge is 0.414 e. The van der Waals surface area contributed by atoms with Gasteiger partial charge in [0.25, 0.3) is 5.91 Å². The number of ether oxygens (including phenoxy) is 2. The molecule has 0 aliphatic carbocycles. The minimum atomic E-state index is -1.82. The summed E-state index contributed by atoms with van der Waals surface area (Å²) in [6, 6.07) is 21.6. The summed E-state index contributed by atoms with van der Waals surface area (Å²) >= 11 is 0. The maximum atomic E-state index is 13.6. The Kier molecular flexibility index (Phi) is 11.4. The van der Waals surface area contributed by atoms with Crippen molar-refractivity contribution in [2.24, 2.45) is 0 Å². The minimum absolute atomic E-state index is 0.0489. The van der Waals surface area contributed by atoms with E-state index in [0.29, 0.717) is 37.7 Å². The van der Waals surface area contributed by atoms with Crippen LogP contribution in [0.15, 0.2) is 72.8 Å². The van der Waals surface area contributed by atoms with Crippen molar-refractivity contribution in [1.82, 2.24) is 10.6 Å². The summed E-state index contributed by atoms with van der Waals surface area (Å²) in [6.07, 6.45) is 0. The largest absolute Gasteiger partial charge is 0.493 e. The van der Waals surface area contributed by atoms with Gasteiger partial charge in [0.2, 0.25) is 0 Å². The van der Waals surface area contributed by atoms with Gasteiger partial charge in [-0.2, -0.15) is 0 Å². The molecule has 0 unspecified atom stereocenters. The van der Waals surface area contributed by atoms with Crippen LogP contribution in [-0.4, -0.2) is 48.3 Å². The molecule has 3 rings (SSSR count). The number of halogens is 1. The first-order valence-corrected chi connectivity index (χ1v) is 10.8. The molecule has 0 saturated heterocycles. The highest BCUT2D eigenvalue weighted by Gasteiger charge is 2.10. The Balaban J connectivity index is 0.000000678. The maximum Gasteiger partial charge on any atom is 0.414 e. The zero-order valence-corrected chi connectivity index (χ0v) is 19.6. The zero-order valence-electron chi connectivity index (χ0n) is 19.6. The molecular formula is C26H27FN2O7. The standard InChI is InChI=1S/C24H25FN2O3.C2H2O4/c1-29-22-12-11-19(15-23(22)30-17-18-7-3-2-4-8-18)16-26-13-14-27-24(28)20-9-5-6-10-21(20)25;3-1(4)2(5)6/h2-12,15,26H,13-14,16-17H2,1H3,(H,27,28);(H,3,4)(H,5,6). The van der Waals surface area contributed by atoms with Gasteiger partial charge in [0, 0.05) is 19.6 Å². The molecule has 36 heavy (non-hydrogen) atoms. The summed E-state index contributed by atoms with van der Waals surface area (Å²) in [4.78, 5) is 30.2. The number of hydrogen-bond donors (Lipinski definition) is 4. The topological polar surface area (TPSA) is 134 Å². The lowest BCUT2D eigenvalue weighted by atomic mass is 10.2. The summed E-state index contributed by atoms with van der Waals surface area (Å²) in [7, 11) is 1.61. The molecule has 10 heteroatoms. The summed E-state index contributed by atoms with van der Waals surface area (Å²) < 4.78 is 24.9. The van der Waals surface area contributed by atoms with Gasteiger partial charge in [-0.05, 0) is 35.4 Å². The average molecular weight is 499 g/mol. The number of methoxy groups -OCH3 is 1. The zero-order chi connectivity index (χ0) is 26.3. The second-order valence-corrected chi connectivity index (χ2v) is 7.28. The van der Waals surface area contributed by atoms with E-state index in [0.717, 1.165) is 11.1 Å². The highest BCUT2D eigenvalue weighted by atomic mass is 19.1. The van der Waals surface area contributed by atoms with Gasteiger partial charge in [0.1, 0.15) is 12.4 Å². The summed E-state index contributed by atoms with van der Waals surface area (Å²) in [5.41, 5.74) is 2.15. The fourth-order valence-electron chi connectivity index (χ4n) is 2.92. The number of carboxylic acids is 2. The first-order chi connectivity index (χ1) is 17.3. The third kappa shape index (κ3) is 9.43. The molecule has 0 radical (unpaired) electrons. The number of hydrogen-bond acceptors (Lipinski definition) is 6. The van der Waals surface area contributed by atoms with Crippen molar-refractivity contribution < 1.29 is 38.5 Å². The van der Waals surface area contributed by atoms with E-state index in [1.54, 1.807) is 19.2 Å². The Labute approximate surface area is 207 Å². The SMILES string of the molecule is COc1ccc(CNCCNC(=O)c2ccccc2F)cc1OCc1ccccc1.O=C(O)C(=O)O. The number of carboxylic acid groups (broad SMARTS) is 2. The van der Waals surface area contributed by atoms with E-state index < -0.39 is 23.7 Å². The van der Waals surface area contributed by atoms with E-state index in [9.17, 15) is 9.18 Å². The number of nitrogens with one attached hydrogen (secondary N) is 2. The highest BCUT2D eigenvalue weighted by molar-refractivity contribution is 6.27. The van der Waals surface area contributed by atoms with Gasteiger partial charge >= 0.3 is 11.9 Å². The number of carbonyl (C=O) groups excluding carboxylic acids is 1. The molecule has 0 fully saturated rings. The molecule has 9 nitrogen and oxygen atoms in total. The third-order valence-electron chi connectivity index (χ3n) is 4.68. The molecule has 1 amide bonds. The van der Waals surface area contributed by atoms with Crippen molar-refractivity contribution in [2.45, 2.75) is 13.2 Å². The van der Waals surface area contributed by atoms with E-state index in [2.05, 4.69) is 10.6 Å². The van der Waals surface area contributed by atoms with Crippen LogP contribution < -0.4 is 20.1 Å². The third-order valence-corrected chi connectivity index (χ3v) is 4.68. The molecule has 0 bridgehead atoms. The molecule has 3 aromatic rings. The molecule has 3 aromatic carbocycles. The predicted octanol–water partition coefficient (Wildman–Crippen LogP) is 3.09. The van der Waals surface area contributed by atoms with Gasteiger partial charge in [0.05, 0.1) is 12.7 Å². The number of rotatable bonds is 10. The van der Waals surface area contributed by atoms with Crippen LogP contribution in [0.4, 0.5) is 4.39 Å². The van der Waals surface area contributed by atoms with Gasteiger partial charge in [-0.1, -0.05) is 48.5 Å². The number of carbonyl (C=O) groups is 3. The van der Waals surface area contributed by atoms with Gasteiger partial charge in [-0.25, -0.2) is 14.0 Å². The Morgan fingerprint density at radius 2 is 1.50 bits per heavy atom. The molecule has 0 saturated carbocycles. The van der Waals surface area contributed by atoms with Gasteiger partial charge in [0.15, 0.2) is 11.5 Å². The molecule has 0 spiro atoms. The van der Waals surface area contributed by atoms with Crippen LogP contribution in [0.1, 0.15) is 21.5 Å². The Hall–Kier alpha value is -4.44. The summed E-state index contributed by atoms with van der Waals surface area (Å²) in [6.45, 7) is 1.99. The van der Waals surface area contributed by atoms with Gasteiger partial charge < -0.3 is 30.3 Å². The monoisotopic (exact) mass is 498 g/mol. The number of amides is 1. The minimum Gasteiger partial charge on any atom is -0.493 e. The van der Waals surface area contributed by atoms with Crippen molar-refractivity contribution in [2.75, 3.05) is 20.2 Å². The first-order valence-electron chi connectivity index (χ1n) is 10.8. The van der Waals surface area contributed by atoms with Crippen LogP contribution in [0.3, 0.4) is 0 Å². The molecule has 0 heterocycles. The van der Waals surface area contributed by atoms with Crippen molar-refractivity contribution in [1.29, 1.82) is 0 Å². The second kappa shape index (κ2) is 14.7. The predicted molar refractivity (Wildman–Crippen MR) is 129 cm³/mol. The van der Waals surface area contributed by atoms with Crippen molar-refractivity contribution in [3.05, 3.63) is 95.3 Å². The second-order valence-electron chi connectivity index (χ2n) is 7.28. The molecule has 0 atom stereocenters. The summed E-state index contributed by atoms with van der Waals surface area (Å²) in [5, 5.41) is 20.7. The maximum absolute atomic E-state index is 13.6. The van der Waals surface area contributed by atoms with Gasteiger partial charge in [-0.3, -0.25) is 4.79 Å². The van der Waals surface area contributed by atoms with Crippen molar-refractivity contribution in [3.8, 4) is 11.5 Å². The quantitative estimate of drug-likeness (QED) is 0.248. The molecule has 0 aliphatic rings. The van der Waals surface area contributed by atoms with E-state index in [1.807, 2.05) is 48.5 Å². The lowest BCUT2D eigenvalue weighted by Crippen LogP contribution is -2.32. The summed E-state index contributed by atoms with van der Waals surface area (Å²) in [5.74, 6) is -3.24. The number of benzene rings is 3. The molecule has 0 aliphatic heterocycles. The Bertz CT molecular complexity index is 1140. The van der Waals surface area contributed by atoms with E-state index in [1.165, 1.54) is 12.1 Å². The van der Waals surface area contributed by atoms with Crippen molar-refractivity contribution >= 4 is 17.8 Å². The van der Waals surface area contributed by atoms with Crippen LogP contribution in [0.2, 0.25) is 0 Å². The number of aliphatic carboxylic acids is 2. The lowest BCUT2D eigenvalue weighted by Gasteiger charge is -2.13. The normalized spacial score (nSPS) is 9.94. The fraction of sp³-hybridized carbons (Fsp3) is 0.192. The van der Waals surface area contributed by atoms with Crippen LogP contribution >= 0.6 is 0 Å². The van der Waals surface area contributed by atoms with Crippen LogP contribution in [0.5, 0.6) is 11.5 Å². The Morgan fingerprint density at radius 3 is 2.14 bits per heavy atom. The van der Waals surface area contributed by atoms with Crippen LogP contribution in [-0.2, 0) is 22.7 Å². The lowest BCUT2D eigenvalue weighted by molar-refractivity contribution is -0.159. The van der Waals surface area contributed by atoms with Crippen LogP contribution in [0.25, 0.3) is 0 Å². The molecule has 4 N–H and O–H groups in total. The molecule has 190 valence electrons. The van der Waals surface area contributed by atoms with Gasteiger partial charge in [-0.15, -0.1) is 0 Å². The molecule has 0 aromatic heterocycles. The van der Waals surface area contributed by atoms with E-state index in [4.69, 9.17) is 29.3 Å². The van der Waals surface area contributed by atoms with Crippen molar-refractivity contribution in [3.63, 3.8) is 0 Å². The average Bonchev–Trinajstić information content (AvgIpc) is 2.88. The van der Waals surface area contributed by atoms with E-state index in [-0.39, 0.29) is 5.56 Å². The fourth-order valence-corrected chi connectivity index (χ4v) is 2.92. The molecular weight excluding hydrogens is 471 g/mol. The van der Waals surface area contributed by atoms with Crippen LogP contribution in [0, 0.1) is 5.82 Å². The first kappa shape index (κ1) is 27.8. The highest BCUT2D eigenvalue weighted by Crippen LogP contribution is 2.28. The Morgan fingerprint density at radius 1 is 0.833 bits per heavy atom.